The van der Waals surface area contributed by atoms with Crippen LogP contribution in [0.4, 0.5) is 5.69 Å². The minimum absolute atomic E-state index is 0.0598. The largest absolute Gasteiger partial charge is 0.478 e. The van der Waals surface area contributed by atoms with Gasteiger partial charge in [-0.15, -0.1) is 0 Å². The van der Waals surface area contributed by atoms with E-state index in [-0.39, 0.29) is 29.7 Å². The Balaban J connectivity index is 1.49. The molecule has 2 aromatic carbocycles. The van der Waals surface area contributed by atoms with E-state index in [0.29, 0.717) is 18.5 Å². The molecule has 3 rings (SSSR count). The van der Waals surface area contributed by atoms with Crippen LogP contribution in [0.1, 0.15) is 47.2 Å². The number of benzene rings is 2. The average molecular weight is 380 g/mol. The quantitative estimate of drug-likeness (QED) is 0.654. The van der Waals surface area contributed by atoms with E-state index in [0.717, 1.165) is 30.5 Å². The fraction of sp³-hybridized carbons (Fsp3) is 0.318. The summed E-state index contributed by atoms with van der Waals surface area (Å²) in [7, 11) is 0. The summed E-state index contributed by atoms with van der Waals surface area (Å²) in [6.07, 6.45) is 3.59. The number of aromatic carboxylic acids is 1. The zero-order valence-corrected chi connectivity index (χ0v) is 15.6. The van der Waals surface area contributed by atoms with Crippen LogP contribution in [0.5, 0.6) is 0 Å². The molecule has 2 amide bonds. The predicted octanol–water partition coefficient (Wildman–Crippen LogP) is 3.37. The lowest BCUT2D eigenvalue weighted by Crippen LogP contribution is -2.28. The first-order valence-corrected chi connectivity index (χ1v) is 9.50. The molecular weight excluding hydrogens is 356 g/mol. The van der Waals surface area contributed by atoms with E-state index in [4.69, 9.17) is 0 Å². The van der Waals surface area contributed by atoms with E-state index in [2.05, 4.69) is 10.6 Å². The Morgan fingerprint density at radius 2 is 1.82 bits per heavy atom. The van der Waals surface area contributed by atoms with E-state index >= 15 is 0 Å². The number of aryl methyl sites for hydroxylation is 1. The van der Waals surface area contributed by atoms with Crippen molar-refractivity contribution >= 4 is 23.5 Å². The first-order chi connectivity index (χ1) is 13.5. The van der Waals surface area contributed by atoms with Crippen molar-refractivity contribution in [1.29, 1.82) is 0 Å². The van der Waals surface area contributed by atoms with Gasteiger partial charge in [0.2, 0.25) is 11.8 Å². The summed E-state index contributed by atoms with van der Waals surface area (Å²) < 4.78 is 0. The molecule has 0 unspecified atom stereocenters. The van der Waals surface area contributed by atoms with Gasteiger partial charge in [-0.3, -0.25) is 9.59 Å². The van der Waals surface area contributed by atoms with Gasteiger partial charge in [-0.05, 0) is 48.6 Å². The number of carboxylic acids is 1. The van der Waals surface area contributed by atoms with Crippen LogP contribution in [0.15, 0.2) is 48.5 Å². The fourth-order valence-corrected chi connectivity index (χ4v) is 3.16. The van der Waals surface area contributed by atoms with Gasteiger partial charge in [-0.2, -0.15) is 0 Å². The molecule has 3 N–H and O–H groups in total. The molecule has 146 valence electrons. The summed E-state index contributed by atoms with van der Waals surface area (Å²) in [6, 6.07) is 14.1. The van der Waals surface area contributed by atoms with E-state index in [1.807, 2.05) is 24.3 Å². The van der Waals surface area contributed by atoms with Crippen LogP contribution in [0.3, 0.4) is 0 Å². The normalized spacial score (nSPS) is 13.4. The Morgan fingerprint density at radius 1 is 1.04 bits per heavy atom. The lowest BCUT2D eigenvalue weighted by molar-refractivity contribution is -0.122. The number of amides is 2. The molecule has 1 aliphatic carbocycles. The Kier molecular flexibility index (Phi) is 6.42. The third kappa shape index (κ3) is 5.19. The highest BCUT2D eigenvalue weighted by Crippen LogP contribution is 2.27. The van der Waals surface area contributed by atoms with Gasteiger partial charge >= 0.3 is 5.97 Å². The molecule has 0 spiro atoms. The molecule has 0 saturated heterocycles. The van der Waals surface area contributed by atoms with Crippen LogP contribution in [0, 0.1) is 5.92 Å². The molecule has 0 aliphatic heterocycles. The van der Waals surface area contributed by atoms with Crippen LogP contribution in [0.2, 0.25) is 0 Å². The molecule has 0 bridgehead atoms. The average Bonchev–Trinajstić information content (AvgIpc) is 2.63. The highest BCUT2D eigenvalue weighted by Gasteiger charge is 2.25. The molecule has 1 saturated carbocycles. The second-order valence-corrected chi connectivity index (χ2v) is 7.06. The zero-order valence-electron chi connectivity index (χ0n) is 15.6. The molecule has 6 heteroatoms. The minimum Gasteiger partial charge on any atom is -0.478 e. The molecule has 1 aliphatic rings. The molecule has 0 aromatic heterocycles. The van der Waals surface area contributed by atoms with Gasteiger partial charge in [-0.25, -0.2) is 4.79 Å². The van der Waals surface area contributed by atoms with Crippen LogP contribution in [-0.2, 0) is 22.6 Å². The van der Waals surface area contributed by atoms with E-state index < -0.39 is 5.97 Å². The van der Waals surface area contributed by atoms with Crippen LogP contribution >= 0.6 is 0 Å². The molecular formula is C22H24N2O4. The van der Waals surface area contributed by atoms with Crippen molar-refractivity contribution in [2.45, 2.75) is 38.6 Å². The second kappa shape index (κ2) is 9.17. The standard InChI is InChI=1S/C22H24N2O4/c25-20(12-11-16-6-1-2-10-19(16)22(27)28)23-14-15-5-3-9-18(13-15)24-21(26)17-7-4-8-17/h1-3,5-6,9-10,13,17H,4,7-8,11-12,14H2,(H,23,25)(H,24,26)(H,27,28). The lowest BCUT2D eigenvalue weighted by atomic mass is 9.85. The van der Waals surface area contributed by atoms with Crippen molar-refractivity contribution in [3.05, 3.63) is 65.2 Å². The second-order valence-electron chi connectivity index (χ2n) is 7.06. The molecule has 1 fully saturated rings. The van der Waals surface area contributed by atoms with Gasteiger partial charge in [0.05, 0.1) is 5.56 Å². The summed E-state index contributed by atoms with van der Waals surface area (Å²) in [4.78, 5) is 35.4. The van der Waals surface area contributed by atoms with Crippen LogP contribution < -0.4 is 10.6 Å². The summed E-state index contributed by atoms with van der Waals surface area (Å²) in [5.74, 6) is -0.956. The fourth-order valence-electron chi connectivity index (χ4n) is 3.16. The summed E-state index contributed by atoms with van der Waals surface area (Å²) in [6.45, 7) is 0.354. The number of hydrogen-bond donors (Lipinski definition) is 3. The van der Waals surface area contributed by atoms with E-state index in [1.165, 1.54) is 0 Å². The Bertz CT molecular complexity index is 874. The van der Waals surface area contributed by atoms with Gasteiger partial charge in [0, 0.05) is 24.6 Å². The third-order valence-electron chi connectivity index (χ3n) is 5.03. The maximum absolute atomic E-state index is 12.1. The number of nitrogens with one attached hydrogen (secondary N) is 2. The lowest BCUT2D eigenvalue weighted by Gasteiger charge is -2.24. The van der Waals surface area contributed by atoms with Gasteiger partial charge < -0.3 is 15.7 Å². The zero-order chi connectivity index (χ0) is 19.9. The summed E-state index contributed by atoms with van der Waals surface area (Å²) >= 11 is 0. The molecule has 0 heterocycles. The van der Waals surface area contributed by atoms with Crippen LogP contribution in [0.25, 0.3) is 0 Å². The smallest absolute Gasteiger partial charge is 0.335 e. The number of rotatable bonds is 8. The first-order valence-electron chi connectivity index (χ1n) is 9.50. The number of carbonyl (C=O) groups excluding carboxylic acids is 2. The maximum atomic E-state index is 12.1. The van der Waals surface area contributed by atoms with Crippen molar-refractivity contribution in [1.82, 2.24) is 5.32 Å². The van der Waals surface area contributed by atoms with Crippen molar-refractivity contribution < 1.29 is 19.5 Å². The molecule has 0 atom stereocenters. The van der Waals surface area contributed by atoms with Gasteiger partial charge in [0.1, 0.15) is 0 Å². The highest BCUT2D eigenvalue weighted by molar-refractivity contribution is 5.93. The summed E-state index contributed by atoms with van der Waals surface area (Å²) in [5.41, 5.74) is 2.50. The number of carboxylic acid groups (broad SMARTS) is 1. The SMILES string of the molecule is O=C(CCc1ccccc1C(=O)O)NCc1cccc(NC(=O)C2CCC2)c1. The third-order valence-corrected chi connectivity index (χ3v) is 5.03. The predicted molar refractivity (Wildman–Crippen MR) is 106 cm³/mol. The molecule has 28 heavy (non-hydrogen) atoms. The Hall–Kier alpha value is -3.15. The van der Waals surface area contributed by atoms with Crippen molar-refractivity contribution in [2.75, 3.05) is 5.32 Å². The molecule has 6 nitrogen and oxygen atoms in total. The Labute approximate surface area is 164 Å². The maximum Gasteiger partial charge on any atom is 0.335 e. The number of carbonyl (C=O) groups is 3. The van der Waals surface area contributed by atoms with Gasteiger partial charge in [-0.1, -0.05) is 36.8 Å². The number of hydrogen-bond acceptors (Lipinski definition) is 3. The van der Waals surface area contributed by atoms with E-state index in [9.17, 15) is 19.5 Å². The van der Waals surface area contributed by atoms with Crippen molar-refractivity contribution in [2.24, 2.45) is 5.92 Å². The van der Waals surface area contributed by atoms with Gasteiger partial charge in [0.25, 0.3) is 0 Å². The van der Waals surface area contributed by atoms with Crippen molar-refractivity contribution in [3.63, 3.8) is 0 Å². The van der Waals surface area contributed by atoms with Crippen LogP contribution in [-0.4, -0.2) is 22.9 Å². The molecule has 2 aromatic rings. The van der Waals surface area contributed by atoms with Gasteiger partial charge in [0.15, 0.2) is 0 Å². The first kappa shape index (κ1) is 19.6. The van der Waals surface area contributed by atoms with Crippen molar-refractivity contribution in [3.8, 4) is 0 Å². The Morgan fingerprint density at radius 3 is 2.54 bits per heavy atom. The topological polar surface area (TPSA) is 95.5 Å². The summed E-state index contributed by atoms with van der Waals surface area (Å²) in [5, 5.41) is 15.0. The van der Waals surface area contributed by atoms with E-state index in [1.54, 1.807) is 24.3 Å². The molecule has 0 radical (unpaired) electrons. The monoisotopic (exact) mass is 380 g/mol. The minimum atomic E-state index is -0.989. The highest BCUT2D eigenvalue weighted by atomic mass is 16.4. The number of anilines is 1.